The van der Waals surface area contributed by atoms with E-state index >= 15 is 0 Å². The highest BCUT2D eigenvalue weighted by Gasteiger charge is 2.38. The number of nitriles is 1. The number of thiophene rings is 1. The van der Waals surface area contributed by atoms with Crippen LogP contribution in [0.5, 0.6) is 0 Å². The van der Waals surface area contributed by atoms with Crippen LogP contribution in [0.25, 0.3) is 0 Å². The van der Waals surface area contributed by atoms with Gasteiger partial charge in [0.1, 0.15) is 11.1 Å². The molecule has 1 heterocycles. The first-order valence-corrected chi connectivity index (χ1v) is 10.9. The number of aliphatic carboxylic acids is 1. The number of carbonyl (C=O) groups is 2. The van der Waals surface area contributed by atoms with E-state index in [1.165, 1.54) is 22.6 Å². The minimum atomic E-state index is -0.930. The molecule has 28 heavy (non-hydrogen) atoms. The Labute approximate surface area is 170 Å². The molecule has 1 amide bonds. The Hall–Kier alpha value is -2.13. The van der Waals surface area contributed by atoms with Gasteiger partial charge in [0.25, 0.3) is 0 Å². The van der Waals surface area contributed by atoms with Gasteiger partial charge < -0.3 is 10.4 Å². The number of carboxylic acids is 1. The molecule has 0 radical (unpaired) electrons. The van der Waals surface area contributed by atoms with E-state index in [1.807, 2.05) is 13.8 Å². The molecule has 1 aromatic rings. The molecular weight excluding hydrogens is 372 g/mol. The molecule has 2 N–H and O–H groups in total. The number of nitrogens with zero attached hydrogens (tertiary/aromatic N) is 1. The first kappa shape index (κ1) is 20.6. The molecule has 2 aliphatic carbocycles. The van der Waals surface area contributed by atoms with Crippen molar-refractivity contribution in [2.45, 2.75) is 65.7 Å². The second-order valence-electron chi connectivity index (χ2n) is 8.23. The van der Waals surface area contributed by atoms with Crippen LogP contribution in [-0.2, 0) is 22.4 Å². The van der Waals surface area contributed by atoms with Crippen molar-refractivity contribution in [1.82, 2.24) is 0 Å². The minimum Gasteiger partial charge on any atom is -0.481 e. The van der Waals surface area contributed by atoms with Crippen LogP contribution >= 0.6 is 11.3 Å². The van der Waals surface area contributed by atoms with Gasteiger partial charge in [-0.1, -0.05) is 30.9 Å². The molecule has 3 atom stereocenters. The van der Waals surface area contributed by atoms with Crippen LogP contribution in [0.4, 0.5) is 5.00 Å². The lowest BCUT2D eigenvalue weighted by atomic mass is 9.76. The van der Waals surface area contributed by atoms with Crippen molar-refractivity contribution in [3.8, 4) is 6.07 Å². The first-order valence-electron chi connectivity index (χ1n) is 10.1. The molecule has 0 spiro atoms. The van der Waals surface area contributed by atoms with Gasteiger partial charge in [0.2, 0.25) is 5.91 Å². The SMILES string of the molecule is CCC[C@H]1CCc2c(sc(NC(=O)[C@@H]3CC(C)=C(C)C[C@@H]3C(=O)O)c2C#N)C1. The van der Waals surface area contributed by atoms with Gasteiger partial charge in [-0.3, -0.25) is 9.59 Å². The number of hydrogen-bond acceptors (Lipinski definition) is 4. The number of hydrogen-bond donors (Lipinski definition) is 2. The zero-order valence-corrected chi connectivity index (χ0v) is 17.6. The van der Waals surface area contributed by atoms with E-state index in [0.29, 0.717) is 29.3 Å². The molecule has 2 aliphatic rings. The molecule has 3 rings (SSSR count). The van der Waals surface area contributed by atoms with Crippen LogP contribution in [0.2, 0.25) is 0 Å². The van der Waals surface area contributed by atoms with Gasteiger partial charge in [0, 0.05) is 4.88 Å². The van der Waals surface area contributed by atoms with Gasteiger partial charge in [0.15, 0.2) is 0 Å². The average Bonchev–Trinajstić information content (AvgIpc) is 2.99. The predicted molar refractivity (Wildman–Crippen MR) is 110 cm³/mol. The molecule has 0 aromatic carbocycles. The number of rotatable bonds is 5. The summed E-state index contributed by atoms with van der Waals surface area (Å²) in [7, 11) is 0. The van der Waals surface area contributed by atoms with Crippen molar-refractivity contribution in [2.24, 2.45) is 17.8 Å². The molecule has 0 fully saturated rings. The van der Waals surface area contributed by atoms with Crippen LogP contribution in [0, 0.1) is 29.1 Å². The fourth-order valence-electron chi connectivity index (χ4n) is 4.55. The van der Waals surface area contributed by atoms with Gasteiger partial charge in [0.05, 0.1) is 17.4 Å². The first-order chi connectivity index (χ1) is 13.3. The van der Waals surface area contributed by atoms with Crippen LogP contribution < -0.4 is 5.32 Å². The maximum atomic E-state index is 13.0. The molecule has 0 bridgehead atoms. The maximum absolute atomic E-state index is 13.0. The standard InChI is InChI=1S/C22H28N2O3S/c1-4-5-14-6-7-15-18(11-23)21(28-19(15)10-14)24-20(25)16-8-12(2)13(3)9-17(16)22(26)27/h14,16-17H,4-10H2,1-3H3,(H,24,25)(H,26,27)/t14-,16+,17-/m0/s1. The van der Waals surface area contributed by atoms with Gasteiger partial charge >= 0.3 is 5.97 Å². The molecule has 0 saturated carbocycles. The van der Waals surface area contributed by atoms with E-state index in [9.17, 15) is 20.0 Å². The summed E-state index contributed by atoms with van der Waals surface area (Å²) in [4.78, 5) is 25.9. The molecule has 6 heteroatoms. The molecular formula is C22H28N2O3S. The third kappa shape index (κ3) is 4.00. The highest BCUT2D eigenvalue weighted by Crippen LogP contribution is 2.41. The largest absolute Gasteiger partial charge is 0.481 e. The molecule has 0 aliphatic heterocycles. The van der Waals surface area contributed by atoms with Gasteiger partial charge in [-0.15, -0.1) is 11.3 Å². The quantitative estimate of drug-likeness (QED) is 0.687. The van der Waals surface area contributed by atoms with Crippen molar-refractivity contribution < 1.29 is 14.7 Å². The van der Waals surface area contributed by atoms with Crippen molar-refractivity contribution in [2.75, 3.05) is 5.32 Å². The Morgan fingerprint density at radius 2 is 1.89 bits per heavy atom. The summed E-state index contributed by atoms with van der Waals surface area (Å²) in [6.07, 6.45) is 6.16. The van der Waals surface area contributed by atoms with E-state index in [0.717, 1.165) is 42.4 Å². The van der Waals surface area contributed by atoms with Gasteiger partial charge in [-0.25, -0.2) is 0 Å². The Morgan fingerprint density at radius 3 is 2.50 bits per heavy atom. The topological polar surface area (TPSA) is 90.2 Å². The minimum absolute atomic E-state index is 0.278. The van der Waals surface area contributed by atoms with Crippen molar-refractivity contribution in [1.29, 1.82) is 5.26 Å². The van der Waals surface area contributed by atoms with E-state index in [1.54, 1.807) is 0 Å². The lowest BCUT2D eigenvalue weighted by molar-refractivity contribution is -0.146. The Bertz CT molecular complexity index is 862. The number of nitrogens with one attached hydrogen (secondary N) is 1. The van der Waals surface area contributed by atoms with Crippen molar-refractivity contribution in [3.05, 3.63) is 27.2 Å². The van der Waals surface area contributed by atoms with E-state index in [-0.39, 0.29) is 5.91 Å². The number of amides is 1. The van der Waals surface area contributed by atoms with Crippen LogP contribution in [0.15, 0.2) is 11.1 Å². The van der Waals surface area contributed by atoms with Crippen LogP contribution in [0.3, 0.4) is 0 Å². The number of anilines is 1. The molecule has 5 nitrogen and oxygen atoms in total. The second kappa shape index (κ2) is 8.48. The Morgan fingerprint density at radius 1 is 1.21 bits per heavy atom. The number of carboxylic acid groups (broad SMARTS) is 1. The van der Waals surface area contributed by atoms with Crippen molar-refractivity contribution in [3.63, 3.8) is 0 Å². The van der Waals surface area contributed by atoms with E-state index < -0.39 is 17.8 Å². The fourth-order valence-corrected chi connectivity index (χ4v) is 5.86. The summed E-state index contributed by atoms with van der Waals surface area (Å²) in [6, 6.07) is 2.28. The Kier molecular flexibility index (Phi) is 6.24. The molecule has 0 unspecified atom stereocenters. The summed E-state index contributed by atoms with van der Waals surface area (Å²) in [5.41, 5.74) is 3.81. The lowest BCUT2D eigenvalue weighted by Crippen LogP contribution is -2.36. The number of fused-ring (bicyclic) bond motifs is 1. The normalized spacial score (nSPS) is 24.4. The summed E-state index contributed by atoms with van der Waals surface area (Å²) in [5, 5.41) is 22.8. The predicted octanol–water partition coefficient (Wildman–Crippen LogP) is 4.91. The molecule has 150 valence electrons. The average molecular weight is 401 g/mol. The molecule has 0 saturated heterocycles. The van der Waals surface area contributed by atoms with E-state index in [4.69, 9.17) is 0 Å². The summed E-state index contributed by atoms with van der Waals surface area (Å²) in [5.74, 6) is -1.87. The molecule has 1 aromatic heterocycles. The third-order valence-corrected chi connectivity index (χ3v) is 7.50. The highest BCUT2D eigenvalue weighted by molar-refractivity contribution is 7.16. The Balaban J connectivity index is 1.83. The van der Waals surface area contributed by atoms with Crippen molar-refractivity contribution >= 4 is 28.2 Å². The number of allylic oxidation sites excluding steroid dienone is 2. The lowest BCUT2D eigenvalue weighted by Gasteiger charge is -2.29. The summed E-state index contributed by atoms with van der Waals surface area (Å²) < 4.78 is 0. The highest BCUT2D eigenvalue weighted by atomic mass is 32.1. The van der Waals surface area contributed by atoms with Gasteiger partial charge in [-0.05, 0) is 57.4 Å². The zero-order valence-electron chi connectivity index (χ0n) is 16.8. The van der Waals surface area contributed by atoms with Crippen LogP contribution in [-0.4, -0.2) is 17.0 Å². The maximum Gasteiger partial charge on any atom is 0.307 e. The fraction of sp³-hybridized carbons (Fsp3) is 0.591. The second-order valence-corrected chi connectivity index (χ2v) is 9.33. The van der Waals surface area contributed by atoms with E-state index in [2.05, 4.69) is 18.3 Å². The van der Waals surface area contributed by atoms with Crippen LogP contribution in [0.1, 0.15) is 68.9 Å². The van der Waals surface area contributed by atoms with Gasteiger partial charge in [-0.2, -0.15) is 5.26 Å². The zero-order chi connectivity index (χ0) is 20.4. The summed E-state index contributed by atoms with van der Waals surface area (Å²) in [6.45, 7) is 6.09. The third-order valence-electron chi connectivity index (χ3n) is 6.33. The monoisotopic (exact) mass is 400 g/mol. The smallest absolute Gasteiger partial charge is 0.307 e. The summed E-state index contributed by atoms with van der Waals surface area (Å²) >= 11 is 1.51. The number of carbonyl (C=O) groups excluding carboxylic acids is 1.